The highest BCUT2D eigenvalue weighted by atomic mass is 32.2. The molecule has 3 aromatic carbocycles. The van der Waals surface area contributed by atoms with Gasteiger partial charge in [0.05, 0.1) is 23.7 Å². The number of nitrogens with zero attached hydrogens (tertiary/aromatic N) is 1. The van der Waals surface area contributed by atoms with Crippen molar-refractivity contribution in [3.8, 4) is 5.75 Å². The van der Waals surface area contributed by atoms with Crippen LogP contribution >= 0.6 is 0 Å². The molecule has 1 atom stereocenters. The van der Waals surface area contributed by atoms with E-state index in [0.29, 0.717) is 11.3 Å². The third-order valence-corrected chi connectivity index (χ3v) is 6.92. The SMILES string of the molecule is CCN(c1ccc(C(=O)NC(C)c2ccc(OC)cc2)cc1)S(=O)(=O)c1ccccc1. The topological polar surface area (TPSA) is 75.7 Å². The fraction of sp³-hybridized carbons (Fsp3) is 0.208. The number of amides is 1. The largest absolute Gasteiger partial charge is 0.497 e. The molecule has 1 unspecified atom stereocenters. The maximum atomic E-state index is 13.0. The number of sulfonamides is 1. The van der Waals surface area contributed by atoms with E-state index in [9.17, 15) is 13.2 Å². The van der Waals surface area contributed by atoms with E-state index in [1.165, 1.54) is 4.31 Å². The Morgan fingerprint density at radius 2 is 1.58 bits per heavy atom. The zero-order valence-corrected chi connectivity index (χ0v) is 18.6. The van der Waals surface area contributed by atoms with Gasteiger partial charge in [0.2, 0.25) is 0 Å². The fourth-order valence-electron chi connectivity index (χ4n) is 3.25. The van der Waals surface area contributed by atoms with Gasteiger partial charge in [0.1, 0.15) is 5.75 Å². The molecular formula is C24H26N2O4S. The molecule has 0 aliphatic carbocycles. The minimum Gasteiger partial charge on any atom is -0.497 e. The van der Waals surface area contributed by atoms with E-state index in [4.69, 9.17) is 4.74 Å². The second-order valence-corrected chi connectivity index (χ2v) is 8.86. The van der Waals surface area contributed by atoms with Crippen LogP contribution in [-0.2, 0) is 10.0 Å². The second-order valence-electron chi connectivity index (χ2n) is 7.00. The highest BCUT2D eigenvalue weighted by molar-refractivity contribution is 7.92. The van der Waals surface area contributed by atoms with Crippen LogP contribution in [0.15, 0.2) is 83.8 Å². The molecule has 0 aliphatic rings. The van der Waals surface area contributed by atoms with Gasteiger partial charge in [-0.15, -0.1) is 0 Å². The molecule has 0 radical (unpaired) electrons. The smallest absolute Gasteiger partial charge is 0.264 e. The fourth-order valence-corrected chi connectivity index (χ4v) is 4.74. The monoisotopic (exact) mass is 438 g/mol. The van der Waals surface area contributed by atoms with Crippen LogP contribution in [0.3, 0.4) is 0 Å². The summed E-state index contributed by atoms with van der Waals surface area (Å²) in [6, 6.07) is 22.2. The van der Waals surface area contributed by atoms with Gasteiger partial charge in [-0.1, -0.05) is 30.3 Å². The van der Waals surface area contributed by atoms with Crippen molar-refractivity contribution in [1.82, 2.24) is 5.32 Å². The van der Waals surface area contributed by atoms with Gasteiger partial charge in [0.25, 0.3) is 15.9 Å². The summed E-state index contributed by atoms with van der Waals surface area (Å²) in [5.41, 5.74) is 1.92. The molecule has 3 rings (SSSR count). The van der Waals surface area contributed by atoms with Crippen LogP contribution in [0, 0.1) is 0 Å². The van der Waals surface area contributed by atoms with Crippen LogP contribution in [0.25, 0.3) is 0 Å². The first-order valence-electron chi connectivity index (χ1n) is 9.99. The quantitative estimate of drug-likeness (QED) is 0.566. The first kappa shape index (κ1) is 22.4. The predicted molar refractivity (Wildman–Crippen MR) is 122 cm³/mol. The van der Waals surface area contributed by atoms with E-state index in [2.05, 4.69) is 5.32 Å². The molecule has 3 aromatic rings. The number of hydrogen-bond acceptors (Lipinski definition) is 4. The predicted octanol–water partition coefficient (Wildman–Crippen LogP) is 4.40. The third kappa shape index (κ3) is 5.06. The number of carbonyl (C=O) groups is 1. The molecular weight excluding hydrogens is 412 g/mol. The number of carbonyl (C=O) groups excluding carboxylic acids is 1. The Labute approximate surface area is 183 Å². The van der Waals surface area contributed by atoms with Gasteiger partial charge in [0, 0.05) is 12.1 Å². The number of methoxy groups -OCH3 is 1. The van der Waals surface area contributed by atoms with Gasteiger partial charge in [-0.25, -0.2) is 8.42 Å². The van der Waals surface area contributed by atoms with Crippen LogP contribution in [0.1, 0.15) is 35.8 Å². The van der Waals surface area contributed by atoms with E-state index in [-0.39, 0.29) is 23.4 Å². The molecule has 1 N–H and O–H groups in total. The molecule has 0 spiro atoms. The lowest BCUT2D eigenvalue weighted by Crippen LogP contribution is -2.31. The lowest BCUT2D eigenvalue weighted by Gasteiger charge is -2.23. The highest BCUT2D eigenvalue weighted by Gasteiger charge is 2.23. The Hall–Kier alpha value is -3.32. The molecule has 0 aliphatic heterocycles. The average Bonchev–Trinajstić information content (AvgIpc) is 2.80. The summed E-state index contributed by atoms with van der Waals surface area (Å²) < 4.78 is 32.4. The van der Waals surface area contributed by atoms with Gasteiger partial charge >= 0.3 is 0 Å². The van der Waals surface area contributed by atoms with E-state index in [1.807, 2.05) is 31.2 Å². The van der Waals surface area contributed by atoms with Gasteiger partial charge in [-0.2, -0.15) is 0 Å². The van der Waals surface area contributed by atoms with E-state index in [1.54, 1.807) is 68.6 Å². The summed E-state index contributed by atoms with van der Waals surface area (Å²) in [5.74, 6) is 0.521. The summed E-state index contributed by atoms with van der Waals surface area (Å²) in [5, 5.41) is 2.96. The lowest BCUT2D eigenvalue weighted by molar-refractivity contribution is 0.0940. The molecule has 0 bridgehead atoms. The van der Waals surface area contributed by atoms with Crippen LogP contribution < -0.4 is 14.4 Å². The van der Waals surface area contributed by atoms with Gasteiger partial charge < -0.3 is 10.1 Å². The number of hydrogen-bond donors (Lipinski definition) is 1. The summed E-state index contributed by atoms with van der Waals surface area (Å²) in [7, 11) is -2.07. The Balaban J connectivity index is 1.74. The first-order valence-corrected chi connectivity index (χ1v) is 11.4. The number of nitrogens with one attached hydrogen (secondary N) is 1. The van der Waals surface area contributed by atoms with Gasteiger partial charge in [-0.3, -0.25) is 9.10 Å². The normalized spacial score (nSPS) is 12.1. The lowest BCUT2D eigenvalue weighted by atomic mass is 10.1. The van der Waals surface area contributed by atoms with Crippen molar-refractivity contribution in [2.24, 2.45) is 0 Å². The Morgan fingerprint density at radius 3 is 2.13 bits per heavy atom. The van der Waals surface area contributed by atoms with Crippen molar-refractivity contribution in [1.29, 1.82) is 0 Å². The number of ether oxygens (including phenoxy) is 1. The molecule has 0 saturated heterocycles. The van der Waals surface area contributed by atoms with Gasteiger partial charge in [0.15, 0.2) is 0 Å². The maximum Gasteiger partial charge on any atom is 0.264 e. The number of anilines is 1. The summed E-state index contributed by atoms with van der Waals surface area (Å²) >= 11 is 0. The highest BCUT2D eigenvalue weighted by Crippen LogP contribution is 2.24. The number of rotatable bonds is 8. The molecule has 0 aromatic heterocycles. The molecule has 162 valence electrons. The van der Waals surface area contributed by atoms with Crippen molar-refractivity contribution in [3.63, 3.8) is 0 Å². The molecule has 0 heterocycles. The Kier molecular flexibility index (Phi) is 6.97. The second kappa shape index (κ2) is 9.66. The van der Waals surface area contributed by atoms with Crippen molar-refractivity contribution >= 4 is 21.6 Å². The van der Waals surface area contributed by atoms with Crippen molar-refractivity contribution in [3.05, 3.63) is 90.0 Å². The molecule has 31 heavy (non-hydrogen) atoms. The molecule has 1 amide bonds. The third-order valence-electron chi connectivity index (χ3n) is 5.00. The average molecular weight is 439 g/mol. The van der Waals surface area contributed by atoms with Crippen molar-refractivity contribution in [2.45, 2.75) is 24.8 Å². The standard InChI is InChI=1S/C24H26N2O4S/c1-4-26(31(28,29)23-8-6-5-7-9-23)21-14-10-20(11-15-21)24(27)25-18(2)19-12-16-22(30-3)17-13-19/h5-18H,4H2,1-3H3,(H,25,27). The first-order chi connectivity index (χ1) is 14.9. The summed E-state index contributed by atoms with van der Waals surface area (Å²) in [4.78, 5) is 12.9. The Bertz CT molecular complexity index is 1110. The minimum atomic E-state index is -3.68. The zero-order chi connectivity index (χ0) is 22.4. The molecule has 6 nitrogen and oxygen atoms in total. The maximum absolute atomic E-state index is 13.0. The summed E-state index contributed by atoms with van der Waals surface area (Å²) in [6.07, 6.45) is 0. The molecule has 0 saturated carbocycles. The van der Waals surface area contributed by atoms with Crippen LogP contribution in [0.5, 0.6) is 5.75 Å². The van der Waals surface area contributed by atoms with Crippen LogP contribution in [0.4, 0.5) is 5.69 Å². The zero-order valence-electron chi connectivity index (χ0n) is 17.8. The van der Waals surface area contributed by atoms with E-state index < -0.39 is 10.0 Å². The van der Waals surface area contributed by atoms with Crippen LogP contribution in [0.2, 0.25) is 0 Å². The van der Waals surface area contributed by atoms with Crippen LogP contribution in [-0.4, -0.2) is 28.0 Å². The molecule has 7 heteroatoms. The molecule has 0 fully saturated rings. The number of benzene rings is 3. The van der Waals surface area contributed by atoms with E-state index >= 15 is 0 Å². The van der Waals surface area contributed by atoms with E-state index in [0.717, 1.165) is 11.3 Å². The van der Waals surface area contributed by atoms with Gasteiger partial charge in [-0.05, 0) is 67.9 Å². The minimum absolute atomic E-state index is 0.191. The van der Waals surface area contributed by atoms with Crippen molar-refractivity contribution < 1.29 is 17.9 Å². The summed E-state index contributed by atoms with van der Waals surface area (Å²) in [6.45, 7) is 3.95. The Morgan fingerprint density at radius 1 is 0.968 bits per heavy atom. The van der Waals surface area contributed by atoms with Crippen molar-refractivity contribution in [2.75, 3.05) is 18.0 Å².